The van der Waals surface area contributed by atoms with Crippen LogP contribution in [-0.4, -0.2) is 50.4 Å². The molecule has 0 spiro atoms. The minimum atomic E-state index is -0.933. The number of pyridine rings is 1. The first-order valence-electron chi connectivity index (χ1n) is 10.1. The fourth-order valence-corrected chi connectivity index (χ4v) is 3.98. The number of nitrogens with zero attached hydrogens (tertiary/aromatic N) is 3. The lowest BCUT2D eigenvalue weighted by Crippen LogP contribution is -2.37. The Balaban J connectivity index is 1.58. The van der Waals surface area contributed by atoms with E-state index >= 15 is 0 Å². The zero-order valence-electron chi connectivity index (χ0n) is 17.1. The molecule has 1 aliphatic heterocycles. The minimum Gasteiger partial charge on any atom is -0.503 e. The summed E-state index contributed by atoms with van der Waals surface area (Å²) in [5, 5.41) is 13.6. The van der Waals surface area contributed by atoms with E-state index in [1.165, 1.54) is 27.6 Å². The summed E-state index contributed by atoms with van der Waals surface area (Å²) in [6.07, 6.45) is 5.50. The molecule has 1 saturated heterocycles. The average Bonchev–Trinajstić information content (AvgIpc) is 3.17. The van der Waals surface area contributed by atoms with Gasteiger partial charge in [0.2, 0.25) is 11.3 Å². The quantitative estimate of drug-likeness (QED) is 0.579. The van der Waals surface area contributed by atoms with E-state index in [-0.39, 0.29) is 30.1 Å². The molecule has 0 saturated carbocycles. The SMILES string of the molecule is O=C(NCCN1CCCC1=O)c1cn2ccn(Cc3cccc(Cl)c3)c(=O)c2c(O)c1=O. The van der Waals surface area contributed by atoms with Gasteiger partial charge in [0.05, 0.1) is 6.54 Å². The van der Waals surface area contributed by atoms with Crippen LogP contribution in [-0.2, 0) is 11.3 Å². The summed E-state index contributed by atoms with van der Waals surface area (Å²) in [6, 6.07) is 7.00. The lowest BCUT2D eigenvalue weighted by Gasteiger charge is -2.15. The number of hydrogen-bond donors (Lipinski definition) is 2. The fourth-order valence-electron chi connectivity index (χ4n) is 3.76. The first kappa shape index (κ1) is 21.6. The van der Waals surface area contributed by atoms with Crippen LogP contribution in [0.3, 0.4) is 0 Å². The topological polar surface area (TPSA) is 113 Å². The molecule has 1 aromatic carbocycles. The van der Waals surface area contributed by atoms with E-state index in [0.29, 0.717) is 24.5 Å². The Hall–Kier alpha value is -3.59. The number of aromatic hydroxyl groups is 1. The molecule has 0 unspecified atom stereocenters. The van der Waals surface area contributed by atoms with E-state index in [1.54, 1.807) is 29.2 Å². The van der Waals surface area contributed by atoms with Crippen LogP contribution in [0.5, 0.6) is 5.75 Å². The molecule has 0 radical (unpaired) electrons. The van der Waals surface area contributed by atoms with Gasteiger partial charge in [-0.3, -0.25) is 19.2 Å². The van der Waals surface area contributed by atoms with Gasteiger partial charge < -0.3 is 24.3 Å². The van der Waals surface area contributed by atoms with E-state index in [4.69, 9.17) is 11.6 Å². The molecule has 1 fully saturated rings. The summed E-state index contributed by atoms with van der Waals surface area (Å²) in [6.45, 7) is 1.37. The molecule has 2 amide bonds. The molecule has 10 heteroatoms. The van der Waals surface area contributed by atoms with E-state index in [1.807, 2.05) is 0 Å². The van der Waals surface area contributed by atoms with Crippen LogP contribution >= 0.6 is 11.6 Å². The normalized spacial score (nSPS) is 13.7. The van der Waals surface area contributed by atoms with Crippen LogP contribution < -0.4 is 16.3 Å². The summed E-state index contributed by atoms with van der Waals surface area (Å²) in [5.41, 5.74) is -1.25. The van der Waals surface area contributed by atoms with Crippen LogP contribution in [0.1, 0.15) is 28.8 Å². The first-order chi connectivity index (χ1) is 15.3. The van der Waals surface area contributed by atoms with E-state index in [0.717, 1.165) is 12.0 Å². The number of rotatable bonds is 6. The molecule has 1 aliphatic rings. The Kier molecular flexibility index (Phi) is 6.00. The predicted octanol–water partition coefficient (Wildman–Crippen LogP) is 1.22. The second-order valence-electron chi connectivity index (χ2n) is 7.58. The number of nitrogens with one attached hydrogen (secondary N) is 1. The van der Waals surface area contributed by atoms with Crippen LogP contribution in [0.15, 0.2) is 52.4 Å². The van der Waals surface area contributed by atoms with E-state index in [9.17, 15) is 24.3 Å². The van der Waals surface area contributed by atoms with Gasteiger partial charge in [-0.25, -0.2) is 0 Å². The number of likely N-dealkylation sites (tertiary alicyclic amines) is 1. The number of carbonyl (C=O) groups is 2. The van der Waals surface area contributed by atoms with Crippen molar-refractivity contribution in [2.45, 2.75) is 19.4 Å². The molecule has 3 aromatic rings. The van der Waals surface area contributed by atoms with Crippen molar-refractivity contribution in [1.82, 2.24) is 19.2 Å². The third kappa shape index (κ3) is 4.24. The van der Waals surface area contributed by atoms with Crippen molar-refractivity contribution in [2.24, 2.45) is 0 Å². The predicted molar refractivity (Wildman–Crippen MR) is 118 cm³/mol. The van der Waals surface area contributed by atoms with Crippen LogP contribution in [0.25, 0.3) is 5.52 Å². The molecular weight excluding hydrogens is 436 g/mol. The van der Waals surface area contributed by atoms with Crippen molar-refractivity contribution in [3.05, 3.63) is 79.6 Å². The molecule has 0 atom stereocenters. The Labute approximate surface area is 187 Å². The maximum atomic E-state index is 12.9. The second kappa shape index (κ2) is 8.88. The first-order valence-corrected chi connectivity index (χ1v) is 10.5. The van der Waals surface area contributed by atoms with E-state index in [2.05, 4.69) is 5.32 Å². The van der Waals surface area contributed by atoms with E-state index < -0.39 is 22.6 Å². The molecule has 2 N–H and O–H groups in total. The van der Waals surface area contributed by atoms with Crippen molar-refractivity contribution >= 4 is 28.9 Å². The van der Waals surface area contributed by atoms with Gasteiger partial charge in [-0.05, 0) is 24.1 Å². The number of halogens is 1. The lowest BCUT2D eigenvalue weighted by molar-refractivity contribution is -0.127. The van der Waals surface area contributed by atoms with Crippen molar-refractivity contribution in [2.75, 3.05) is 19.6 Å². The van der Waals surface area contributed by atoms with Gasteiger partial charge in [-0.1, -0.05) is 23.7 Å². The van der Waals surface area contributed by atoms with Gasteiger partial charge in [-0.15, -0.1) is 0 Å². The molecule has 3 heterocycles. The minimum absolute atomic E-state index is 0.0386. The lowest BCUT2D eigenvalue weighted by atomic mass is 10.2. The molecule has 2 aromatic heterocycles. The van der Waals surface area contributed by atoms with Crippen molar-refractivity contribution < 1.29 is 14.7 Å². The van der Waals surface area contributed by atoms with Gasteiger partial charge >= 0.3 is 0 Å². The van der Waals surface area contributed by atoms with Crippen molar-refractivity contribution in [3.8, 4) is 5.75 Å². The van der Waals surface area contributed by atoms with Crippen LogP contribution in [0, 0.1) is 0 Å². The van der Waals surface area contributed by atoms with Gasteiger partial charge in [0.25, 0.3) is 11.5 Å². The molecule has 9 nitrogen and oxygen atoms in total. The van der Waals surface area contributed by atoms with Crippen LogP contribution in [0.2, 0.25) is 5.02 Å². The Bertz CT molecular complexity index is 1330. The number of benzene rings is 1. The van der Waals surface area contributed by atoms with Crippen molar-refractivity contribution in [1.29, 1.82) is 0 Å². The maximum Gasteiger partial charge on any atom is 0.279 e. The summed E-state index contributed by atoms with van der Waals surface area (Å²) < 4.78 is 2.60. The monoisotopic (exact) mass is 456 g/mol. The maximum absolute atomic E-state index is 12.9. The fraction of sp³-hybridized carbons (Fsp3) is 0.273. The van der Waals surface area contributed by atoms with Crippen molar-refractivity contribution in [3.63, 3.8) is 0 Å². The number of hydrogen-bond acceptors (Lipinski definition) is 5. The molecule has 0 aliphatic carbocycles. The third-order valence-electron chi connectivity index (χ3n) is 5.41. The highest BCUT2D eigenvalue weighted by Crippen LogP contribution is 2.14. The molecule has 166 valence electrons. The number of fused-ring (bicyclic) bond motifs is 1. The Morgan fingerprint density at radius 1 is 1.19 bits per heavy atom. The highest BCUT2D eigenvalue weighted by Gasteiger charge is 2.21. The summed E-state index contributed by atoms with van der Waals surface area (Å²) in [7, 11) is 0. The number of amides is 2. The number of carbonyl (C=O) groups excluding carboxylic acids is 2. The third-order valence-corrected chi connectivity index (χ3v) is 5.64. The standard InChI is InChI=1S/C22H21ClN4O5/c23-15-4-1-3-14(11-15)12-27-10-9-26-13-16(19(29)20(30)18(26)22(27)32)21(31)24-6-8-25-7-2-5-17(25)28/h1,3-4,9-11,13,30H,2,5-8,12H2,(H,24,31). The molecule has 0 bridgehead atoms. The summed E-state index contributed by atoms with van der Waals surface area (Å²) in [5.74, 6) is -1.44. The zero-order chi connectivity index (χ0) is 22.8. The zero-order valence-corrected chi connectivity index (χ0v) is 17.8. The average molecular weight is 457 g/mol. The second-order valence-corrected chi connectivity index (χ2v) is 8.01. The number of aromatic nitrogens is 2. The van der Waals surface area contributed by atoms with Gasteiger partial charge in [0.15, 0.2) is 11.3 Å². The highest BCUT2D eigenvalue weighted by atomic mass is 35.5. The molecular formula is C22H21ClN4O5. The van der Waals surface area contributed by atoms with Crippen LogP contribution in [0.4, 0.5) is 0 Å². The molecule has 4 rings (SSSR count). The summed E-state index contributed by atoms with van der Waals surface area (Å²) >= 11 is 5.99. The van der Waals surface area contributed by atoms with Gasteiger partial charge in [0, 0.05) is 49.7 Å². The van der Waals surface area contributed by atoms with Gasteiger partial charge in [0.1, 0.15) is 5.56 Å². The van der Waals surface area contributed by atoms with Gasteiger partial charge in [-0.2, -0.15) is 0 Å². The summed E-state index contributed by atoms with van der Waals surface area (Å²) in [4.78, 5) is 51.3. The smallest absolute Gasteiger partial charge is 0.279 e. The Morgan fingerprint density at radius 2 is 2.00 bits per heavy atom. The molecule has 32 heavy (non-hydrogen) atoms. The largest absolute Gasteiger partial charge is 0.503 e. The highest BCUT2D eigenvalue weighted by molar-refractivity contribution is 6.30. The Morgan fingerprint density at radius 3 is 2.72 bits per heavy atom.